The van der Waals surface area contributed by atoms with Crippen LogP contribution in [0.2, 0.25) is 0 Å². The lowest BCUT2D eigenvalue weighted by atomic mass is 10.5. The van der Waals surface area contributed by atoms with Crippen molar-refractivity contribution in [2.24, 2.45) is 10.9 Å². The molecular formula is C4H8F3N3O. The molecule has 0 spiro atoms. The van der Waals surface area contributed by atoms with Crippen LogP contribution in [-0.4, -0.2) is 30.3 Å². The van der Waals surface area contributed by atoms with E-state index in [4.69, 9.17) is 10.9 Å². The van der Waals surface area contributed by atoms with Crippen LogP contribution >= 0.6 is 0 Å². The van der Waals surface area contributed by atoms with E-state index < -0.39 is 12.7 Å². The third-order valence-electron chi connectivity index (χ3n) is 0.760. The molecule has 0 heterocycles. The fraction of sp³-hybridized carbons (Fsp3) is 0.750. The number of oxime groups is 1. The first kappa shape index (κ1) is 10.0. The van der Waals surface area contributed by atoms with Crippen LogP contribution in [0, 0.1) is 0 Å². The maximum Gasteiger partial charge on any atom is 0.401 e. The van der Waals surface area contributed by atoms with Crippen molar-refractivity contribution in [1.82, 2.24) is 5.32 Å². The summed E-state index contributed by atoms with van der Waals surface area (Å²) in [5.41, 5.74) is 4.87. The molecule has 0 aliphatic heterocycles. The number of hydrogen-bond acceptors (Lipinski definition) is 3. The van der Waals surface area contributed by atoms with Crippen molar-refractivity contribution < 1.29 is 18.4 Å². The Morgan fingerprint density at radius 3 is 2.45 bits per heavy atom. The number of rotatable bonds is 3. The summed E-state index contributed by atoms with van der Waals surface area (Å²) in [6, 6.07) is 0. The van der Waals surface area contributed by atoms with Gasteiger partial charge in [0.2, 0.25) is 0 Å². The molecular weight excluding hydrogens is 163 g/mol. The number of nitrogens with two attached hydrogens (primary N) is 1. The van der Waals surface area contributed by atoms with Gasteiger partial charge in [-0.25, -0.2) is 0 Å². The topological polar surface area (TPSA) is 70.6 Å². The van der Waals surface area contributed by atoms with Crippen molar-refractivity contribution in [2.45, 2.75) is 6.18 Å². The molecule has 0 aromatic carbocycles. The molecule has 11 heavy (non-hydrogen) atoms. The van der Waals surface area contributed by atoms with E-state index in [0.29, 0.717) is 0 Å². The van der Waals surface area contributed by atoms with Gasteiger partial charge in [0.05, 0.1) is 13.1 Å². The molecule has 0 bridgehead atoms. The number of alkyl halides is 3. The summed E-state index contributed by atoms with van der Waals surface area (Å²) >= 11 is 0. The second kappa shape index (κ2) is 4.02. The zero-order chi connectivity index (χ0) is 8.91. The van der Waals surface area contributed by atoms with Crippen molar-refractivity contribution in [3.63, 3.8) is 0 Å². The average molecular weight is 171 g/mol. The smallest absolute Gasteiger partial charge is 0.401 e. The zero-order valence-electron chi connectivity index (χ0n) is 5.52. The third-order valence-corrected chi connectivity index (χ3v) is 0.760. The Morgan fingerprint density at radius 1 is 1.55 bits per heavy atom. The second-order valence-electron chi connectivity index (χ2n) is 1.81. The van der Waals surface area contributed by atoms with Crippen LogP contribution in [0.25, 0.3) is 0 Å². The van der Waals surface area contributed by atoms with Gasteiger partial charge in [-0.2, -0.15) is 13.2 Å². The van der Waals surface area contributed by atoms with Crippen LogP contribution in [-0.2, 0) is 0 Å². The molecule has 7 heteroatoms. The number of hydrogen-bond donors (Lipinski definition) is 3. The summed E-state index contributed by atoms with van der Waals surface area (Å²) in [4.78, 5) is 0. The maximum atomic E-state index is 11.4. The summed E-state index contributed by atoms with van der Waals surface area (Å²) in [6.07, 6.45) is -4.27. The predicted octanol–water partition coefficient (Wildman–Crippen LogP) is -0.115. The lowest BCUT2D eigenvalue weighted by Crippen LogP contribution is -2.35. The second-order valence-corrected chi connectivity index (χ2v) is 1.81. The molecule has 0 aromatic heterocycles. The van der Waals surface area contributed by atoms with Crippen LogP contribution in [0.5, 0.6) is 0 Å². The van der Waals surface area contributed by atoms with Crippen LogP contribution < -0.4 is 11.1 Å². The number of nitrogens with one attached hydrogen (secondary N) is 1. The molecule has 0 saturated heterocycles. The van der Waals surface area contributed by atoms with Gasteiger partial charge in [-0.05, 0) is 0 Å². The molecule has 0 rings (SSSR count). The number of nitrogens with zero attached hydrogens (tertiary/aromatic N) is 1. The summed E-state index contributed by atoms with van der Waals surface area (Å²) in [6.45, 7) is -1.43. The Hall–Kier alpha value is -0.980. The van der Waals surface area contributed by atoms with E-state index in [1.807, 2.05) is 5.32 Å². The van der Waals surface area contributed by atoms with Crippen LogP contribution in [0.3, 0.4) is 0 Å². The number of halogens is 3. The van der Waals surface area contributed by atoms with Crippen LogP contribution in [0.15, 0.2) is 5.16 Å². The zero-order valence-corrected chi connectivity index (χ0v) is 5.52. The van der Waals surface area contributed by atoms with Gasteiger partial charge in [-0.1, -0.05) is 5.16 Å². The molecule has 4 N–H and O–H groups in total. The monoisotopic (exact) mass is 171 g/mol. The van der Waals surface area contributed by atoms with E-state index in [2.05, 4.69) is 5.16 Å². The van der Waals surface area contributed by atoms with E-state index in [0.717, 1.165) is 0 Å². The Bertz CT molecular complexity index is 144. The summed E-state index contributed by atoms with van der Waals surface area (Å²) in [5.74, 6) is -0.283. The van der Waals surface area contributed by atoms with Crippen LogP contribution in [0.1, 0.15) is 0 Å². The molecule has 0 fully saturated rings. The maximum absolute atomic E-state index is 11.4. The van der Waals surface area contributed by atoms with Crippen molar-refractivity contribution in [3.05, 3.63) is 0 Å². The number of amidine groups is 1. The van der Waals surface area contributed by atoms with Crippen molar-refractivity contribution in [2.75, 3.05) is 13.1 Å². The normalized spacial score (nSPS) is 13.5. The fourth-order valence-corrected chi connectivity index (χ4v) is 0.368. The Kier molecular flexibility index (Phi) is 3.66. The molecule has 0 unspecified atom stereocenters. The van der Waals surface area contributed by atoms with Gasteiger partial charge in [0.15, 0.2) is 5.84 Å². The van der Waals surface area contributed by atoms with Gasteiger partial charge in [-0.3, -0.25) is 0 Å². The molecule has 0 aliphatic carbocycles. The van der Waals surface area contributed by atoms with Gasteiger partial charge < -0.3 is 16.3 Å². The van der Waals surface area contributed by atoms with Crippen molar-refractivity contribution in [1.29, 1.82) is 0 Å². The third kappa shape index (κ3) is 6.91. The van der Waals surface area contributed by atoms with Crippen molar-refractivity contribution in [3.8, 4) is 0 Å². The first-order chi connectivity index (χ1) is 4.95. The minimum atomic E-state index is -4.27. The quantitative estimate of drug-likeness (QED) is 0.240. The summed E-state index contributed by atoms with van der Waals surface area (Å²) in [5, 5.41) is 12.3. The minimum Gasteiger partial charge on any atom is -0.409 e. The largest absolute Gasteiger partial charge is 0.409 e. The van der Waals surface area contributed by atoms with E-state index in [9.17, 15) is 13.2 Å². The highest BCUT2D eigenvalue weighted by molar-refractivity contribution is 5.81. The standard InChI is InChI=1S/C4H8F3N3O/c5-4(6,7)2-9-1-3(8)10-11/h9,11H,1-2H2,(H2,8,10). The lowest BCUT2D eigenvalue weighted by molar-refractivity contribution is -0.124. The van der Waals surface area contributed by atoms with Gasteiger partial charge in [0.1, 0.15) is 0 Å². The van der Waals surface area contributed by atoms with Gasteiger partial charge in [0.25, 0.3) is 0 Å². The molecule has 0 amide bonds. The van der Waals surface area contributed by atoms with E-state index in [-0.39, 0.29) is 12.4 Å². The highest BCUT2D eigenvalue weighted by atomic mass is 19.4. The molecule has 0 atom stereocenters. The minimum absolute atomic E-state index is 0.282. The average Bonchev–Trinajstić information content (AvgIpc) is 1.85. The Morgan fingerprint density at radius 2 is 2.09 bits per heavy atom. The lowest BCUT2D eigenvalue weighted by Gasteiger charge is -2.06. The first-order valence-corrected chi connectivity index (χ1v) is 2.69. The molecule has 66 valence electrons. The molecule has 0 aliphatic rings. The Balaban J connectivity index is 3.43. The molecule has 0 radical (unpaired) electrons. The first-order valence-electron chi connectivity index (χ1n) is 2.69. The van der Waals surface area contributed by atoms with Gasteiger partial charge in [0, 0.05) is 0 Å². The molecule has 4 nitrogen and oxygen atoms in total. The summed E-state index contributed by atoms with van der Waals surface area (Å²) in [7, 11) is 0. The van der Waals surface area contributed by atoms with E-state index in [1.54, 1.807) is 0 Å². The summed E-state index contributed by atoms with van der Waals surface area (Å²) < 4.78 is 34.2. The predicted molar refractivity (Wildman–Crippen MR) is 32.3 cm³/mol. The van der Waals surface area contributed by atoms with Crippen molar-refractivity contribution >= 4 is 5.84 Å². The fourth-order valence-electron chi connectivity index (χ4n) is 0.368. The SMILES string of the molecule is NC(CNCC(F)(F)F)=NO. The highest BCUT2D eigenvalue weighted by Gasteiger charge is 2.26. The van der Waals surface area contributed by atoms with Gasteiger partial charge >= 0.3 is 6.18 Å². The molecule has 0 aromatic rings. The van der Waals surface area contributed by atoms with E-state index >= 15 is 0 Å². The van der Waals surface area contributed by atoms with Gasteiger partial charge in [-0.15, -0.1) is 0 Å². The molecule has 0 saturated carbocycles. The highest BCUT2D eigenvalue weighted by Crippen LogP contribution is 2.11. The Labute approximate surface area is 60.9 Å². The van der Waals surface area contributed by atoms with E-state index in [1.165, 1.54) is 0 Å². The van der Waals surface area contributed by atoms with Crippen LogP contribution in [0.4, 0.5) is 13.2 Å².